The number of allylic oxidation sites excluding steroid dienone is 4. The molecule has 0 radical (unpaired) electrons. The Labute approximate surface area is 94.8 Å². The van der Waals surface area contributed by atoms with Gasteiger partial charge in [-0.15, -0.1) is 0 Å². The minimum Gasteiger partial charge on any atom is -0.246 e. The number of hydrogen-bond donors (Lipinski definition) is 2. The Kier molecular flexibility index (Phi) is 3.29. The van der Waals surface area contributed by atoms with E-state index >= 15 is 0 Å². The summed E-state index contributed by atoms with van der Waals surface area (Å²) in [6.07, 6.45) is 7.02. The minimum absolute atomic E-state index is 0.748. The highest BCUT2D eigenvalue weighted by Crippen LogP contribution is 2.22. The van der Waals surface area contributed by atoms with Gasteiger partial charge in [0.1, 0.15) is 5.69 Å². The maximum atomic E-state index is 9.09. The van der Waals surface area contributed by atoms with Crippen molar-refractivity contribution in [3.05, 3.63) is 48.1 Å². The van der Waals surface area contributed by atoms with E-state index in [9.17, 15) is 0 Å². The monoisotopic (exact) mass is 215 g/mol. The van der Waals surface area contributed by atoms with Crippen LogP contribution in [0.3, 0.4) is 0 Å². The van der Waals surface area contributed by atoms with Gasteiger partial charge in [-0.2, -0.15) is 5.48 Å². The van der Waals surface area contributed by atoms with Crippen LogP contribution in [-0.2, 0) is 0 Å². The van der Waals surface area contributed by atoms with Gasteiger partial charge in [0.25, 0.3) is 0 Å². The lowest BCUT2D eigenvalue weighted by atomic mass is 10.0. The molecule has 1 aliphatic rings. The van der Waals surface area contributed by atoms with Gasteiger partial charge in [0.2, 0.25) is 0 Å². The molecule has 1 aromatic rings. The lowest BCUT2D eigenvalue weighted by Crippen LogP contribution is -2.73. The molecule has 0 heterocycles. The van der Waals surface area contributed by atoms with Crippen LogP contribution in [0.2, 0.25) is 0 Å². The minimum atomic E-state index is 0.748. The van der Waals surface area contributed by atoms with Crippen molar-refractivity contribution in [2.75, 3.05) is 0 Å². The third-order valence-corrected chi connectivity index (χ3v) is 2.58. The van der Waals surface area contributed by atoms with Gasteiger partial charge in [0.05, 0.1) is 0 Å². The second-order valence-corrected chi connectivity index (χ2v) is 3.73. The highest BCUT2D eigenvalue weighted by molar-refractivity contribution is 6.03. The van der Waals surface area contributed by atoms with Crippen molar-refractivity contribution in [3.8, 4) is 0 Å². The van der Waals surface area contributed by atoms with Crippen molar-refractivity contribution >= 4 is 17.1 Å². The first kappa shape index (κ1) is 10.8. The third-order valence-electron chi connectivity index (χ3n) is 2.58. The molecule has 0 aromatic heterocycles. The molecule has 0 atom stereocenters. The zero-order valence-electron chi connectivity index (χ0n) is 9.22. The largest absolute Gasteiger partial charge is 0.246 e. The van der Waals surface area contributed by atoms with Crippen molar-refractivity contribution in [2.24, 2.45) is 4.99 Å². The smallest absolute Gasteiger partial charge is 0.187 e. The molecule has 3 N–H and O–H groups in total. The summed E-state index contributed by atoms with van der Waals surface area (Å²) in [5.74, 6) is 0. The molecule has 3 heteroatoms. The Balaban J connectivity index is 2.36. The van der Waals surface area contributed by atoms with Crippen LogP contribution in [0.25, 0.3) is 0 Å². The summed E-state index contributed by atoms with van der Waals surface area (Å²) < 4.78 is 0. The van der Waals surface area contributed by atoms with Crippen LogP contribution in [0.15, 0.2) is 53.1 Å². The van der Waals surface area contributed by atoms with E-state index in [1.54, 1.807) is 0 Å². The first-order valence-corrected chi connectivity index (χ1v) is 5.29. The van der Waals surface area contributed by atoms with Gasteiger partial charge in [-0.1, -0.05) is 30.4 Å². The number of nitrogens with zero attached hydrogens (tertiary/aromatic N) is 1. The van der Waals surface area contributed by atoms with Gasteiger partial charge in [0, 0.05) is 18.2 Å². The molecular formula is C13H15N2O+. The summed E-state index contributed by atoms with van der Waals surface area (Å²) in [7, 11) is 0. The van der Waals surface area contributed by atoms with Crippen LogP contribution in [0, 0.1) is 0 Å². The number of benzene rings is 1. The number of nitrogens with two attached hydrogens (primary N) is 1. The zero-order chi connectivity index (χ0) is 11.4. The molecule has 0 spiro atoms. The van der Waals surface area contributed by atoms with E-state index in [0.29, 0.717) is 0 Å². The van der Waals surface area contributed by atoms with Gasteiger partial charge in [-0.25, -0.2) is 10.2 Å². The third kappa shape index (κ3) is 2.27. The first-order valence-electron chi connectivity index (χ1n) is 5.29. The summed E-state index contributed by atoms with van der Waals surface area (Å²) in [5.41, 5.74) is 4.88. The van der Waals surface area contributed by atoms with E-state index in [0.717, 1.165) is 29.0 Å². The second kappa shape index (κ2) is 4.88. The normalized spacial score (nSPS) is 17.6. The molecule has 3 nitrogen and oxygen atoms in total. The molecule has 0 saturated heterocycles. The van der Waals surface area contributed by atoms with E-state index in [1.807, 2.05) is 43.3 Å². The molecule has 0 fully saturated rings. The summed E-state index contributed by atoms with van der Waals surface area (Å²) in [6, 6.07) is 7.55. The molecule has 0 bridgehead atoms. The van der Waals surface area contributed by atoms with Gasteiger partial charge in [-0.3, -0.25) is 0 Å². The summed E-state index contributed by atoms with van der Waals surface area (Å²) in [4.78, 5) is 4.58. The fourth-order valence-electron chi connectivity index (χ4n) is 1.63. The van der Waals surface area contributed by atoms with Crippen LogP contribution in [-0.4, -0.2) is 10.9 Å². The van der Waals surface area contributed by atoms with Crippen LogP contribution in [0.1, 0.15) is 13.3 Å². The highest BCUT2D eigenvalue weighted by Gasteiger charge is 2.07. The second-order valence-electron chi connectivity index (χ2n) is 3.73. The summed E-state index contributed by atoms with van der Waals surface area (Å²) >= 11 is 0. The number of quaternary nitrogens is 1. The first-order chi connectivity index (χ1) is 7.81. The van der Waals surface area contributed by atoms with E-state index in [4.69, 9.17) is 5.21 Å². The Morgan fingerprint density at radius 3 is 2.88 bits per heavy atom. The van der Waals surface area contributed by atoms with Crippen molar-refractivity contribution in [1.29, 1.82) is 0 Å². The van der Waals surface area contributed by atoms with Crippen molar-refractivity contribution in [1.82, 2.24) is 0 Å². The molecule has 82 valence electrons. The number of hydrogen-bond acceptors (Lipinski definition) is 2. The molecule has 0 aliphatic heterocycles. The average molecular weight is 215 g/mol. The lowest BCUT2D eigenvalue weighted by molar-refractivity contribution is -0.825. The Morgan fingerprint density at radius 2 is 2.12 bits per heavy atom. The number of para-hydroxylation sites is 2. The number of rotatable bonds is 2. The maximum Gasteiger partial charge on any atom is 0.187 e. The molecule has 0 saturated carbocycles. The lowest BCUT2D eigenvalue weighted by Gasteiger charge is -2.08. The van der Waals surface area contributed by atoms with Gasteiger partial charge >= 0.3 is 0 Å². The van der Waals surface area contributed by atoms with Gasteiger partial charge < -0.3 is 0 Å². The molecule has 16 heavy (non-hydrogen) atoms. The molecule has 1 aliphatic carbocycles. The Morgan fingerprint density at radius 1 is 1.31 bits per heavy atom. The summed E-state index contributed by atoms with van der Waals surface area (Å²) in [5, 5.41) is 9.09. The van der Waals surface area contributed by atoms with Crippen LogP contribution in [0.5, 0.6) is 0 Å². The SMILES string of the molecule is CC1=CC=CCC1=Nc1ccccc1[NH2+]O. The average Bonchev–Trinajstić information content (AvgIpc) is 2.33. The predicted octanol–water partition coefficient (Wildman–Crippen LogP) is 2.25. The van der Waals surface area contributed by atoms with Gasteiger partial charge in [-0.05, 0) is 18.6 Å². The quantitative estimate of drug-likeness (QED) is 0.577. The molecule has 0 unspecified atom stereocenters. The van der Waals surface area contributed by atoms with Crippen LogP contribution < -0.4 is 5.48 Å². The standard InChI is InChI=1S/C13H14N2O/c1-10-6-2-3-7-11(10)14-12-8-4-5-9-13(12)15-16/h2-6,8-9,15-16H,7H2,1H3/p+1. The van der Waals surface area contributed by atoms with Crippen molar-refractivity contribution in [3.63, 3.8) is 0 Å². The molecule has 1 aromatic carbocycles. The molecule has 2 rings (SSSR count). The van der Waals surface area contributed by atoms with Crippen molar-refractivity contribution in [2.45, 2.75) is 13.3 Å². The number of aliphatic imine (C=N–C) groups is 1. The Bertz CT molecular complexity index is 473. The van der Waals surface area contributed by atoms with Crippen molar-refractivity contribution < 1.29 is 10.7 Å². The highest BCUT2D eigenvalue weighted by atomic mass is 16.5. The van der Waals surface area contributed by atoms with E-state index < -0.39 is 0 Å². The Hall–Kier alpha value is -1.71. The van der Waals surface area contributed by atoms with E-state index in [-0.39, 0.29) is 0 Å². The fourth-order valence-corrected chi connectivity index (χ4v) is 1.63. The maximum absolute atomic E-state index is 9.09. The van der Waals surface area contributed by atoms with E-state index in [1.165, 1.54) is 5.57 Å². The fraction of sp³-hybridized carbons (Fsp3) is 0.154. The summed E-state index contributed by atoms with van der Waals surface area (Å²) in [6.45, 7) is 2.05. The van der Waals surface area contributed by atoms with Crippen LogP contribution in [0.4, 0.5) is 11.4 Å². The van der Waals surface area contributed by atoms with E-state index in [2.05, 4.69) is 11.1 Å². The topological polar surface area (TPSA) is 49.2 Å². The molecular weight excluding hydrogens is 200 g/mol. The van der Waals surface area contributed by atoms with Gasteiger partial charge in [0.15, 0.2) is 5.69 Å². The van der Waals surface area contributed by atoms with Crippen LogP contribution >= 0.6 is 0 Å². The molecule has 0 amide bonds. The predicted molar refractivity (Wildman–Crippen MR) is 64.4 cm³/mol. The zero-order valence-corrected chi connectivity index (χ0v) is 9.22.